The number of pyridine rings is 1. The van der Waals surface area contributed by atoms with Gasteiger partial charge in [0.05, 0.1) is 11.3 Å². The summed E-state index contributed by atoms with van der Waals surface area (Å²) in [6.45, 7) is 2.50. The lowest BCUT2D eigenvalue weighted by Gasteiger charge is -2.38. The average molecular weight is 390 g/mol. The highest BCUT2D eigenvalue weighted by molar-refractivity contribution is 5.97. The molecule has 1 aliphatic heterocycles. The van der Waals surface area contributed by atoms with E-state index < -0.39 is 0 Å². The molecule has 0 saturated carbocycles. The van der Waals surface area contributed by atoms with Gasteiger partial charge in [0, 0.05) is 56.4 Å². The third-order valence-corrected chi connectivity index (χ3v) is 5.64. The summed E-state index contributed by atoms with van der Waals surface area (Å²) in [5.74, 6) is 0.0823. The Balaban J connectivity index is 1.43. The molecule has 0 unspecified atom stereocenters. The molecule has 2 aromatic heterocycles. The normalized spacial score (nSPS) is 16.9. The number of piperidine rings is 1. The lowest BCUT2D eigenvalue weighted by molar-refractivity contribution is 0.0611. The summed E-state index contributed by atoms with van der Waals surface area (Å²) >= 11 is 0. The number of nitrogens with zero attached hydrogens (tertiary/aromatic N) is 5. The van der Waals surface area contributed by atoms with Crippen molar-refractivity contribution in [2.45, 2.75) is 25.3 Å². The van der Waals surface area contributed by atoms with Crippen molar-refractivity contribution in [3.05, 3.63) is 78.4 Å². The van der Waals surface area contributed by atoms with Crippen molar-refractivity contribution in [1.82, 2.24) is 24.6 Å². The van der Waals surface area contributed by atoms with Crippen LogP contribution in [0.4, 0.5) is 0 Å². The van der Waals surface area contributed by atoms with Crippen LogP contribution in [0.15, 0.2) is 67.1 Å². The van der Waals surface area contributed by atoms with E-state index in [1.165, 1.54) is 0 Å². The Labute approximate surface area is 171 Å². The standard InChI is InChI=1S/C23H27N5O/c1-26(17-12-19-8-4-5-13-24-19)20-9-6-15-27(18-20)23(29)21-10-2-3-11-22(21)28-16-7-14-25-28/h2-5,7-8,10-11,13-14,16,20H,6,9,12,15,17-18H2,1H3/t20-/m0/s1. The van der Waals surface area contributed by atoms with E-state index in [4.69, 9.17) is 0 Å². The highest BCUT2D eigenvalue weighted by Gasteiger charge is 2.28. The highest BCUT2D eigenvalue weighted by Crippen LogP contribution is 2.21. The summed E-state index contributed by atoms with van der Waals surface area (Å²) in [4.78, 5) is 22.1. The van der Waals surface area contributed by atoms with Crippen molar-refractivity contribution in [1.29, 1.82) is 0 Å². The average Bonchev–Trinajstić information content (AvgIpc) is 3.32. The van der Waals surface area contributed by atoms with Crippen LogP contribution in [0.25, 0.3) is 5.69 Å². The molecule has 3 aromatic rings. The number of rotatable bonds is 6. The molecule has 0 bridgehead atoms. The molecule has 4 rings (SSSR count). The Bertz CT molecular complexity index is 925. The Hall–Kier alpha value is -2.99. The maximum absolute atomic E-state index is 13.3. The van der Waals surface area contributed by atoms with Crippen molar-refractivity contribution in [3.8, 4) is 5.69 Å². The highest BCUT2D eigenvalue weighted by atomic mass is 16.2. The van der Waals surface area contributed by atoms with E-state index in [9.17, 15) is 4.79 Å². The molecule has 0 spiro atoms. The molecule has 150 valence electrons. The number of hydrogen-bond acceptors (Lipinski definition) is 4. The van der Waals surface area contributed by atoms with Crippen molar-refractivity contribution >= 4 is 5.91 Å². The number of amides is 1. The van der Waals surface area contributed by atoms with E-state index in [1.807, 2.05) is 59.8 Å². The number of para-hydroxylation sites is 1. The summed E-state index contributed by atoms with van der Waals surface area (Å²) in [7, 11) is 2.15. The Morgan fingerprint density at radius 1 is 1.14 bits per heavy atom. The first-order valence-corrected chi connectivity index (χ1v) is 10.2. The van der Waals surface area contributed by atoms with Gasteiger partial charge in [-0.05, 0) is 50.2 Å². The number of aromatic nitrogens is 3. The predicted molar refractivity (Wildman–Crippen MR) is 113 cm³/mol. The number of carbonyl (C=O) groups is 1. The predicted octanol–water partition coefficient (Wildman–Crippen LogP) is 3.05. The van der Waals surface area contributed by atoms with E-state index in [0.29, 0.717) is 11.6 Å². The number of hydrogen-bond donors (Lipinski definition) is 0. The number of likely N-dealkylation sites (tertiary alicyclic amines) is 1. The van der Waals surface area contributed by atoms with Crippen LogP contribution in [0.3, 0.4) is 0 Å². The van der Waals surface area contributed by atoms with Gasteiger partial charge in [-0.25, -0.2) is 4.68 Å². The molecular formula is C23H27N5O. The molecule has 1 amide bonds. The van der Waals surface area contributed by atoms with Crippen molar-refractivity contribution in [3.63, 3.8) is 0 Å². The minimum Gasteiger partial charge on any atom is -0.337 e. The molecular weight excluding hydrogens is 362 g/mol. The van der Waals surface area contributed by atoms with Crippen LogP contribution in [0.2, 0.25) is 0 Å². The van der Waals surface area contributed by atoms with Crippen LogP contribution in [-0.4, -0.2) is 63.2 Å². The van der Waals surface area contributed by atoms with Crippen LogP contribution in [0.1, 0.15) is 28.9 Å². The van der Waals surface area contributed by atoms with E-state index >= 15 is 0 Å². The first-order chi connectivity index (χ1) is 14.2. The molecule has 1 aromatic carbocycles. The molecule has 3 heterocycles. The fourth-order valence-electron chi connectivity index (χ4n) is 3.95. The second-order valence-corrected chi connectivity index (χ2v) is 7.57. The maximum Gasteiger partial charge on any atom is 0.256 e. The van der Waals surface area contributed by atoms with Crippen LogP contribution in [0, 0.1) is 0 Å². The zero-order chi connectivity index (χ0) is 20.1. The Morgan fingerprint density at radius 3 is 2.79 bits per heavy atom. The first kappa shape index (κ1) is 19.3. The van der Waals surface area contributed by atoms with Gasteiger partial charge in [-0.2, -0.15) is 5.10 Å². The minimum atomic E-state index is 0.0823. The number of benzene rings is 1. The minimum absolute atomic E-state index is 0.0823. The van der Waals surface area contributed by atoms with Gasteiger partial charge in [-0.3, -0.25) is 9.78 Å². The van der Waals surface area contributed by atoms with Gasteiger partial charge in [0.15, 0.2) is 0 Å². The smallest absolute Gasteiger partial charge is 0.256 e. The van der Waals surface area contributed by atoms with Crippen molar-refractivity contribution in [2.75, 3.05) is 26.7 Å². The number of likely N-dealkylation sites (N-methyl/N-ethyl adjacent to an activating group) is 1. The van der Waals surface area contributed by atoms with E-state index in [1.54, 1.807) is 10.9 Å². The lowest BCUT2D eigenvalue weighted by Crippen LogP contribution is -2.49. The van der Waals surface area contributed by atoms with Gasteiger partial charge in [0.25, 0.3) is 5.91 Å². The molecule has 1 fully saturated rings. The summed E-state index contributed by atoms with van der Waals surface area (Å²) in [6.07, 6.45) is 8.50. The summed E-state index contributed by atoms with van der Waals surface area (Å²) < 4.78 is 1.76. The third kappa shape index (κ3) is 4.54. The van der Waals surface area contributed by atoms with Gasteiger partial charge in [-0.15, -0.1) is 0 Å². The first-order valence-electron chi connectivity index (χ1n) is 10.2. The lowest BCUT2D eigenvalue weighted by atomic mass is 10.0. The van der Waals surface area contributed by atoms with Gasteiger partial charge in [-0.1, -0.05) is 18.2 Å². The largest absolute Gasteiger partial charge is 0.337 e. The molecule has 0 radical (unpaired) electrons. The van der Waals surface area contributed by atoms with E-state index in [-0.39, 0.29) is 5.91 Å². The fraction of sp³-hybridized carbons (Fsp3) is 0.348. The quantitative estimate of drug-likeness (QED) is 0.650. The second kappa shape index (κ2) is 9.01. The zero-order valence-corrected chi connectivity index (χ0v) is 16.8. The maximum atomic E-state index is 13.3. The SMILES string of the molecule is CN(CCc1ccccn1)[C@H]1CCCN(C(=O)c2ccccc2-n2cccn2)C1. The zero-order valence-electron chi connectivity index (χ0n) is 16.8. The molecule has 0 aliphatic carbocycles. The third-order valence-electron chi connectivity index (χ3n) is 5.64. The van der Waals surface area contributed by atoms with Crippen molar-refractivity contribution < 1.29 is 4.79 Å². The van der Waals surface area contributed by atoms with Crippen LogP contribution in [0.5, 0.6) is 0 Å². The molecule has 0 N–H and O–H groups in total. The monoisotopic (exact) mass is 389 g/mol. The van der Waals surface area contributed by atoms with E-state index in [0.717, 1.165) is 50.3 Å². The molecule has 1 saturated heterocycles. The summed E-state index contributed by atoms with van der Waals surface area (Å²) in [5.41, 5.74) is 2.64. The summed E-state index contributed by atoms with van der Waals surface area (Å²) in [6, 6.07) is 16.0. The Morgan fingerprint density at radius 2 is 2.00 bits per heavy atom. The van der Waals surface area contributed by atoms with Crippen LogP contribution < -0.4 is 0 Å². The topological polar surface area (TPSA) is 54.3 Å². The van der Waals surface area contributed by atoms with Crippen LogP contribution in [-0.2, 0) is 6.42 Å². The number of carbonyl (C=O) groups excluding carboxylic acids is 1. The van der Waals surface area contributed by atoms with E-state index in [2.05, 4.69) is 28.1 Å². The molecule has 1 aliphatic rings. The van der Waals surface area contributed by atoms with Gasteiger partial charge in [0.1, 0.15) is 0 Å². The molecule has 1 atom stereocenters. The van der Waals surface area contributed by atoms with Crippen LogP contribution >= 0.6 is 0 Å². The molecule has 29 heavy (non-hydrogen) atoms. The Kier molecular flexibility index (Phi) is 6.00. The fourth-order valence-corrected chi connectivity index (χ4v) is 3.95. The molecule has 6 heteroatoms. The second-order valence-electron chi connectivity index (χ2n) is 7.57. The molecule has 6 nitrogen and oxygen atoms in total. The van der Waals surface area contributed by atoms with Crippen molar-refractivity contribution in [2.24, 2.45) is 0 Å². The summed E-state index contributed by atoms with van der Waals surface area (Å²) in [5, 5.41) is 4.30. The van der Waals surface area contributed by atoms with Gasteiger partial charge >= 0.3 is 0 Å². The van der Waals surface area contributed by atoms with Gasteiger partial charge in [0.2, 0.25) is 0 Å². The van der Waals surface area contributed by atoms with Gasteiger partial charge < -0.3 is 9.80 Å².